The molecule has 0 saturated carbocycles. The summed E-state index contributed by atoms with van der Waals surface area (Å²) in [4.78, 5) is 0. The molecule has 2 nitrogen and oxygen atoms in total. The first-order valence-electron chi connectivity index (χ1n) is 4.71. The molecule has 0 radical (unpaired) electrons. The highest BCUT2D eigenvalue weighted by molar-refractivity contribution is 5.58. The highest BCUT2D eigenvalue weighted by Gasteiger charge is 2.28. The Morgan fingerprint density at radius 2 is 1.81 bits per heavy atom. The topological polar surface area (TPSA) is 28.7 Å². The maximum atomic E-state index is 12.1. The zero-order valence-corrected chi connectivity index (χ0v) is 8.25. The monoisotopic (exact) mass is 226 g/mol. The molecule has 2 aromatic rings. The van der Waals surface area contributed by atoms with Crippen LogP contribution in [0.25, 0.3) is 11.3 Å². The SMILES string of the molecule is FC(F)(F)Cc1cc(-c2ccccc2)n[nH]1. The minimum atomic E-state index is -4.21. The van der Waals surface area contributed by atoms with Gasteiger partial charge in [0, 0.05) is 11.3 Å². The van der Waals surface area contributed by atoms with E-state index in [2.05, 4.69) is 10.2 Å². The highest BCUT2D eigenvalue weighted by atomic mass is 19.4. The van der Waals surface area contributed by atoms with E-state index in [0.717, 1.165) is 5.56 Å². The zero-order valence-electron chi connectivity index (χ0n) is 8.25. The maximum Gasteiger partial charge on any atom is 0.394 e. The maximum absolute atomic E-state index is 12.1. The van der Waals surface area contributed by atoms with Crippen molar-refractivity contribution >= 4 is 0 Å². The van der Waals surface area contributed by atoms with Crippen LogP contribution in [0.4, 0.5) is 13.2 Å². The van der Waals surface area contributed by atoms with Crippen LogP contribution in [0.1, 0.15) is 5.69 Å². The van der Waals surface area contributed by atoms with Gasteiger partial charge in [0.1, 0.15) is 0 Å². The Labute approximate surface area is 90.1 Å². The van der Waals surface area contributed by atoms with E-state index < -0.39 is 12.6 Å². The molecule has 0 fully saturated rings. The molecule has 0 aliphatic carbocycles. The standard InChI is InChI=1S/C11H9F3N2/c12-11(13,14)7-9-6-10(16-15-9)8-4-2-1-3-5-8/h1-6H,7H2,(H,15,16). The minimum absolute atomic E-state index is 0.0753. The summed E-state index contributed by atoms with van der Waals surface area (Å²) in [7, 11) is 0. The molecule has 0 amide bonds. The van der Waals surface area contributed by atoms with Gasteiger partial charge in [-0.3, -0.25) is 5.10 Å². The smallest absolute Gasteiger partial charge is 0.282 e. The molecule has 0 aliphatic rings. The number of aromatic nitrogens is 2. The molecule has 0 unspecified atom stereocenters. The molecule has 1 N–H and O–H groups in total. The summed E-state index contributed by atoms with van der Waals surface area (Å²) in [6, 6.07) is 10.5. The number of hydrogen-bond acceptors (Lipinski definition) is 1. The molecule has 0 bridgehead atoms. The van der Waals surface area contributed by atoms with Crippen molar-refractivity contribution < 1.29 is 13.2 Å². The average Bonchev–Trinajstić information content (AvgIpc) is 2.65. The zero-order chi connectivity index (χ0) is 11.6. The molecule has 0 aliphatic heterocycles. The third-order valence-electron chi connectivity index (χ3n) is 2.09. The lowest BCUT2D eigenvalue weighted by Crippen LogP contribution is -2.11. The number of H-pyrrole nitrogens is 1. The lowest BCUT2D eigenvalue weighted by Gasteiger charge is -2.01. The van der Waals surface area contributed by atoms with E-state index in [4.69, 9.17) is 0 Å². The number of rotatable bonds is 2. The van der Waals surface area contributed by atoms with Gasteiger partial charge in [0.25, 0.3) is 0 Å². The van der Waals surface area contributed by atoms with Crippen LogP contribution >= 0.6 is 0 Å². The summed E-state index contributed by atoms with van der Waals surface area (Å²) < 4.78 is 36.3. The van der Waals surface area contributed by atoms with E-state index in [1.165, 1.54) is 6.07 Å². The van der Waals surface area contributed by atoms with Crippen molar-refractivity contribution in [3.05, 3.63) is 42.1 Å². The van der Waals surface area contributed by atoms with Crippen LogP contribution < -0.4 is 0 Å². The van der Waals surface area contributed by atoms with E-state index in [-0.39, 0.29) is 5.69 Å². The van der Waals surface area contributed by atoms with Crippen LogP contribution in [0.3, 0.4) is 0 Å². The van der Waals surface area contributed by atoms with Crippen LogP contribution in [0.5, 0.6) is 0 Å². The largest absolute Gasteiger partial charge is 0.394 e. The quantitative estimate of drug-likeness (QED) is 0.837. The molecule has 5 heteroatoms. The Morgan fingerprint density at radius 3 is 2.44 bits per heavy atom. The fourth-order valence-electron chi connectivity index (χ4n) is 1.42. The molecule has 0 atom stereocenters. The summed E-state index contributed by atoms with van der Waals surface area (Å²) in [5, 5.41) is 6.24. The van der Waals surface area contributed by atoms with Crippen molar-refractivity contribution in [2.24, 2.45) is 0 Å². The minimum Gasteiger partial charge on any atom is -0.282 e. The second-order valence-corrected chi connectivity index (χ2v) is 3.44. The number of halogens is 3. The van der Waals surface area contributed by atoms with Gasteiger partial charge >= 0.3 is 6.18 Å². The van der Waals surface area contributed by atoms with E-state index in [0.29, 0.717) is 5.69 Å². The van der Waals surface area contributed by atoms with Crippen LogP contribution in [0, 0.1) is 0 Å². The lowest BCUT2D eigenvalue weighted by atomic mass is 10.1. The van der Waals surface area contributed by atoms with Crippen LogP contribution in [0.2, 0.25) is 0 Å². The third-order valence-corrected chi connectivity index (χ3v) is 2.09. The Hall–Kier alpha value is -1.78. The van der Waals surface area contributed by atoms with E-state index in [1.807, 2.05) is 18.2 Å². The van der Waals surface area contributed by atoms with Gasteiger partial charge in [0.05, 0.1) is 12.1 Å². The number of nitrogens with one attached hydrogen (secondary N) is 1. The molecular weight excluding hydrogens is 217 g/mol. The molecule has 16 heavy (non-hydrogen) atoms. The average molecular weight is 226 g/mol. The van der Waals surface area contributed by atoms with Gasteiger partial charge < -0.3 is 0 Å². The Bertz CT molecular complexity index is 460. The number of nitrogens with zero attached hydrogens (tertiary/aromatic N) is 1. The molecule has 84 valence electrons. The third kappa shape index (κ3) is 2.62. The number of alkyl halides is 3. The summed E-state index contributed by atoms with van der Waals surface area (Å²) in [6.07, 6.45) is -5.19. The first-order chi connectivity index (χ1) is 7.54. The Kier molecular flexibility index (Phi) is 2.68. The molecule has 1 heterocycles. The predicted molar refractivity (Wildman–Crippen MR) is 53.8 cm³/mol. The summed E-state index contributed by atoms with van der Waals surface area (Å²) in [6.45, 7) is 0. The fraction of sp³-hybridized carbons (Fsp3) is 0.182. The molecule has 2 rings (SSSR count). The molecular formula is C11H9F3N2. The molecule has 0 spiro atoms. The van der Waals surface area contributed by atoms with Crippen molar-refractivity contribution in [2.45, 2.75) is 12.6 Å². The molecule has 1 aromatic carbocycles. The first-order valence-corrected chi connectivity index (χ1v) is 4.71. The molecule has 0 saturated heterocycles. The Morgan fingerprint density at radius 1 is 1.12 bits per heavy atom. The van der Waals surface area contributed by atoms with Crippen molar-refractivity contribution in [2.75, 3.05) is 0 Å². The molecule has 1 aromatic heterocycles. The summed E-state index contributed by atoms with van der Waals surface area (Å²) >= 11 is 0. The second kappa shape index (κ2) is 4.00. The van der Waals surface area contributed by atoms with Gasteiger partial charge in [-0.1, -0.05) is 30.3 Å². The highest BCUT2D eigenvalue weighted by Crippen LogP contribution is 2.23. The van der Waals surface area contributed by atoms with Crippen LogP contribution in [-0.2, 0) is 6.42 Å². The van der Waals surface area contributed by atoms with Gasteiger partial charge in [-0.05, 0) is 6.07 Å². The number of aromatic amines is 1. The summed E-state index contributed by atoms with van der Waals surface area (Å²) in [5.74, 6) is 0. The van der Waals surface area contributed by atoms with Gasteiger partial charge in [0.2, 0.25) is 0 Å². The van der Waals surface area contributed by atoms with E-state index in [9.17, 15) is 13.2 Å². The first kappa shape index (κ1) is 10.7. The lowest BCUT2D eigenvalue weighted by molar-refractivity contribution is -0.127. The van der Waals surface area contributed by atoms with Crippen molar-refractivity contribution in [3.63, 3.8) is 0 Å². The van der Waals surface area contributed by atoms with Gasteiger partial charge in [-0.15, -0.1) is 0 Å². The van der Waals surface area contributed by atoms with Gasteiger partial charge in [-0.2, -0.15) is 18.3 Å². The van der Waals surface area contributed by atoms with E-state index >= 15 is 0 Å². The van der Waals surface area contributed by atoms with Gasteiger partial charge in [-0.25, -0.2) is 0 Å². The number of hydrogen-bond donors (Lipinski definition) is 1. The Balaban J connectivity index is 2.21. The predicted octanol–water partition coefficient (Wildman–Crippen LogP) is 3.18. The van der Waals surface area contributed by atoms with Crippen LogP contribution in [0.15, 0.2) is 36.4 Å². The number of benzene rings is 1. The van der Waals surface area contributed by atoms with Crippen molar-refractivity contribution in [1.82, 2.24) is 10.2 Å². The fourth-order valence-corrected chi connectivity index (χ4v) is 1.42. The normalized spacial score (nSPS) is 11.7. The van der Waals surface area contributed by atoms with Crippen LogP contribution in [-0.4, -0.2) is 16.4 Å². The van der Waals surface area contributed by atoms with Crippen molar-refractivity contribution in [3.8, 4) is 11.3 Å². The van der Waals surface area contributed by atoms with Gasteiger partial charge in [0.15, 0.2) is 0 Å². The summed E-state index contributed by atoms with van der Waals surface area (Å²) in [5.41, 5.74) is 1.40. The van der Waals surface area contributed by atoms with E-state index in [1.54, 1.807) is 12.1 Å². The van der Waals surface area contributed by atoms with Crippen molar-refractivity contribution in [1.29, 1.82) is 0 Å². The second-order valence-electron chi connectivity index (χ2n) is 3.44.